The summed E-state index contributed by atoms with van der Waals surface area (Å²) < 4.78 is 58.3. The van der Waals surface area contributed by atoms with Crippen LogP contribution < -0.4 is 14.9 Å². The maximum absolute atomic E-state index is 12.0. The molecule has 1 aliphatic rings. The number of hydrogen-bond acceptors (Lipinski definition) is 7. The van der Waals surface area contributed by atoms with Gasteiger partial charge in [0.1, 0.15) is 0 Å². The molecule has 11 nitrogen and oxygen atoms in total. The molecule has 1 amide bonds. The number of aliphatic carboxylic acids is 1. The SMILES string of the molecule is CCCNC(=O)CN1CCN(c2ccc(C(=O)O)cc2NS(=O)(=O)CC)CC1.O=C(O)C(F)(F)F. The number of nitrogens with one attached hydrogen (secondary N) is 2. The molecule has 0 saturated carbocycles. The number of piperazine rings is 1. The number of aromatic carboxylic acids is 1. The number of amides is 1. The average molecular weight is 527 g/mol. The molecule has 35 heavy (non-hydrogen) atoms. The van der Waals surface area contributed by atoms with E-state index in [0.29, 0.717) is 45.0 Å². The molecule has 1 aromatic rings. The molecule has 0 atom stereocenters. The van der Waals surface area contributed by atoms with Crippen LogP contribution in [0.3, 0.4) is 0 Å². The number of nitrogens with zero attached hydrogens (tertiary/aromatic N) is 2. The van der Waals surface area contributed by atoms with E-state index in [1.54, 1.807) is 6.07 Å². The molecule has 0 spiro atoms. The predicted octanol–water partition coefficient (Wildman–Crippen LogP) is 1.43. The van der Waals surface area contributed by atoms with Gasteiger partial charge in [0.25, 0.3) is 0 Å². The van der Waals surface area contributed by atoms with Crippen molar-refractivity contribution in [3.63, 3.8) is 0 Å². The third-order valence-electron chi connectivity index (χ3n) is 4.78. The van der Waals surface area contributed by atoms with E-state index in [4.69, 9.17) is 9.90 Å². The van der Waals surface area contributed by atoms with Gasteiger partial charge in [0.05, 0.1) is 29.2 Å². The summed E-state index contributed by atoms with van der Waals surface area (Å²) >= 11 is 0. The van der Waals surface area contributed by atoms with Gasteiger partial charge in [-0.2, -0.15) is 13.2 Å². The maximum Gasteiger partial charge on any atom is 0.490 e. The summed E-state index contributed by atoms with van der Waals surface area (Å²) in [7, 11) is -3.54. The molecule has 4 N–H and O–H groups in total. The number of anilines is 2. The molecule has 1 aliphatic heterocycles. The Morgan fingerprint density at radius 3 is 2.09 bits per heavy atom. The Morgan fingerprint density at radius 1 is 1.06 bits per heavy atom. The first-order valence-corrected chi connectivity index (χ1v) is 12.3. The first-order chi connectivity index (χ1) is 16.2. The van der Waals surface area contributed by atoms with Crippen molar-refractivity contribution in [1.82, 2.24) is 10.2 Å². The third kappa shape index (κ3) is 10.4. The molecule has 0 aromatic heterocycles. The Hall–Kier alpha value is -3.07. The van der Waals surface area contributed by atoms with Gasteiger partial charge in [0, 0.05) is 32.7 Å². The molecule has 198 valence electrons. The lowest BCUT2D eigenvalue weighted by Gasteiger charge is -2.36. The number of carboxylic acids is 2. The standard InChI is InChI=1S/C18H28N4O5S.C2HF3O2/c1-3-7-19-17(23)13-21-8-10-22(11-9-21)16-6-5-14(18(24)25)12-15(16)20-28(26,27)4-2;3-2(4,5)1(6)7/h5-6,12,20H,3-4,7-11,13H2,1-2H3,(H,19,23)(H,24,25);(H,6,7). The normalized spacial score (nSPS) is 14.5. The van der Waals surface area contributed by atoms with Crippen molar-refractivity contribution < 1.29 is 46.2 Å². The first kappa shape index (κ1) is 30.0. The van der Waals surface area contributed by atoms with Crippen molar-refractivity contribution in [3.05, 3.63) is 23.8 Å². The van der Waals surface area contributed by atoms with Crippen molar-refractivity contribution in [3.8, 4) is 0 Å². The van der Waals surface area contributed by atoms with Crippen molar-refractivity contribution in [2.75, 3.05) is 54.6 Å². The van der Waals surface area contributed by atoms with E-state index in [0.717, 1.165) is 6.42 Å². The van der Waals surface area contributed by atoms with Gasteiger partial charge in [0.15, 0.2) is 0 Å². The van der Waals surface area contributed by atoms with Crippen molar-refractivity contribution in [1.29, 1.82) is 0 Å². The van der Waals surface area contributed by atoms with Crippen LogP contribution >= 0.6 is 0 Å². The highest BCUT2D eigenvalue weighted by Gasteiger charge is 2.38. The Morgan fingerprint density at radius 2 is 1.63 bits per heavy atom. The number of carbonyl (C=O) groups is 3. The largest absolute Gasteiger partial charge is 0.490 e. The number of carbonyl (C=O) groups excluding carboxylic acids is 1. The fraction of sp³-hybridized carbons (Fsp3) is 0.550. The Bertz CT molecular complexity index is 995. The minimum atomic E-state index is -5.08. The van der Waals surface area contributed by atoms with Crippen LogP contribution in [0.1, 0.15) is 30.6 Å². The number of hydrogen-bond donors (Lipinski definition) is 4. The number of carboxylic acid groups (broad SMARTS) is 2. The molecule has 1 saturated heterocycles. The number of rotatable bonds is 9. The Labute approximate surface area is 200 Å². The molecular formula is C20H29F3N4O7S. The van der Waals surface area contributed by atoms with E-state index in [1.165, 1.54) is 19.1 Å². The summed E-state index contributed by atoms with van der Waals surface area (Å²) in [4.78, 5) is 36.1. The summed E-state index contributed by atoms with van der Waals surface area (Å²) in [6.07, 6.45) is -4.19. The van der Waals surface area contributed by atoms with Gasteiger partial charge in [-0.3, -0.25) is 14.4 Å². The summed E-state index contributed by atoms with van der Waals surface area (Å²) in [5.74, 6) is -3.99. The van der Waals surface area contributed by atoms with Crippen LogP contribution in [-0.4, -0.2) is 92.6 Å². The van der Waals surface area contributed by atoms with Crippen molar-refractivity contribution in [2.45, 2.75) is 26.4 Å². The van der Waals surface area contributed by atoms with Crippen LogP contribution in [0.4, 0.5) is 24.5 Å². The molecule has 1 aromatic carbocycles. The van der Waals surface area contributed by atoms with Crippen molar-refractivity contribution in [2.24, 2.45) is 0 Å². The highest BCUT2D eigenvalue weighted by atomic mass is 32.2. The van der Waals surface area contributed by atoms with Crippen LogP contribution in [0.5, 0.6) is 0 Å². The highest BCUT2D eigenvalue weighted by Crippen LogP contribution is 2.29. The lowest BCUT2D eigenvalue weighted by Crippen LogP contribution is -2.49. The zero-order valence-corrected chi connectivity index (χ0v) is 20.1. The summed E-state index contributed by atoms with van der Waals surface area (Å²) in [6.45, 7) is 7.03. The van der Waals surface area contributed by atoms with Gasteiger partial charge in [-0.15, -0.1) is 0 Å². The number of alkyl halides is 3. The third-order valence-corrected chi connectivity index (χ3v) is 6.07. The smallest absolute Gasteiger partial charge is 0.478 e. The second-order valence-corrected chi connectivity index (χ2v) is 9.47. The second kappa shape index (κ2) is 13.1. The van der Waals surface area contributed by atoms with Crippen molar-refractivity contribution >= 4 is 39.2 Å². The summed E-state index contributed by atoms with van der Waals surface area (Å²) in [5.41, 5.74) is 0.914. The molecule has 0 aliphatic carbocycles. The minimum absolute atomic E-state index is 0.00231. The minimum Gasteiger partial charge on any atom is -0.478 e. The molecule has 2 rings (SSSR count). The molecule has 15 heteroatoms. The predicted molar refractivity (Wildman–Crippen MR) is 122 cm³/mol. The summed E-state index contributed by atoms with van der Waals surface area (Å²) in [6, 6.07) is 4.43. The van der Waals surface area contributed by atoms with Crippen LogP contribution in [0, 0.1) is 0 Å². The van der Waals surface area contributed by atoms with Crippen LogP contribution in [0.15, 0.2) is 18.2 Å². The van der Waals surface area contributed by atoms with Gasteiger partial charge in [0.2, 0.25) is 15.9 Å². The second-order valence-electron chi connectivity index (χ2n) is 7.46. The van der Waals surface area contributed by atoms with Crippen LogP contribution in [-0.2, 0) is 19.6 Å². The summed E-state index contributed by atoms with van der Waals surface area (Å²) in [5, 5.41) is 19.2. The number of halogens is 3. The van der Waals surface area contributed by atoms with E-state index in [1.807, 2.05) is 16.7 Å². The van der Waals surface area contributed by atoms with E-state index in [-0.39, 0.29) is 22.9 Å². The highest BCUT2D eigenvalue weighted by molar-refractivity contribution is 7.92. The van der Waals surface area contributed by atoms with E-state index in [2.05, 4.69) is 10.0 Å². The number of sulfonamides is 1. The van der Waals surface area contributed by atoms with Gasteiger partial charge in [-0.1, -0.05) is 6.92 Å². The van der Waals surface area contributed by atoms with Gasteiger partial charge in [-0.05, 0) is 31.5 Å². The zero-order chi connectivity index (χ0) is 26.8. The zero-order valence-electron chi connectivity index (χ0n) is 19.3. The van der Waals surface area contributed by atoms with E-state index < -0.39 is 28.1 Å². The maximum atomic E-state index is 12.0. The Kier molecular flexibility index (Phi) is 11.2. The topological polar surface area (TPSA) is 156 Å². The fourth-order valence-corrected chi connectivity index (χ4v) is 3.58. The average Bonchev–Trinajstić information content (AvgIpc) is 2.78. The van der Waals surface area contributed by atoms with Crippen LogP contribution in [0.2, 0.25) is 0 Å². The molecule has 0 bridgehead atoms. The van der Waals surface area contributed by atoms with Crippen LogP contribution in [0.25, 0.3) is 0 Å². The molecule has 0 unspecified atom stereocenters. The quantitative estimate of drug-likeness (QED) is 0.374. The van der Waals surface area contributed by atoms with E-state index >= 15 is 0 Å². The molecule has 0 radical (unpaired) electrons. The number of benzene rings is 1. The lowest BCUT2D eigenvalue weighted by atomic mass is 10.1. The molecular weight excluding hydrogens is 497 g/mol. The monoisotopic (exact) mass is 526 g/mol. The molecule has 1 heterocycles. The lowest BCUT2D eigenvalue weighted by molar-refractivity contribution is -0.192. The first-order valence-electron chi connectivity index (χ1n) is 10.6. The fourth-order valence-electron chi connectivity index (χ4n) is 2.94. The Balaban J connectivity index is 0.000000762. The van der Waals surface area contributed by atoms with E-state index in [9.17, 15) is 36.3 Å². The molecule has 1 fully saturated rings. The van der Waals surface area contributed by atoms with Gasteiger partial charge < -0.3 is 20.4 Å². The van der Waals surface area contributed by atoms with Gasteiger partial charge in [-0.25, -0.2) is 18.0 Å². The van der Waals surface area contributed by atoms with Gasteiger partial charge >= 0.3 is 18.1 Å².